The van der Waals surface area contributed by atoms with Crippen LogP contribution in [0.4, 0.5) is 0 Å². The average Bonchev–Trinajstić information content (AvgIpc) is 2.33. The van der Waals surface area contributed by atoms with E-state index in [-0.39, 0.29) is 5.78 Å². The molecule has 0 aliphatic carbocycles. The lowest BCUT2D eigenvalue weighted by molar-refractivity contribution is 0.101. The van der Waals surface area contributed by atoms with Crippen LogP contribution in [-0.2, 0) is 4.74 Å². The molecule has 2 nitrogen and oxygen atoms in total. The maximum absolute atomic E-state index is 12.0. The van der Waals surface area contributed by atoms with Gasteiger partial charge in [-0.3, -0.25) is 4.79 Å². The van der Waals surface area contributed by atoms with E-state index in [0.29, 0.717) is 27.8 Å². The Morgan fingerprint density at radius 2 is 2.06 bits per heavy atom. The van der Waals surface area contributed by atoms with Crippen molar-refractivity contribution in [2.45, 2.75) is 12.8 Å². The molecule has 16 heavy (non-hydrogen) atoms. The van der Waals surface area contributed by atoms with E-state index in [2.05, 4.69) is 0 Å². The molecule has 0 fully saturated rings. The van der Waals surface area contributed by atoms with Crippen molar-refractivity contribution in [3.8, 4) is 0 Å². The van der Waals surface area contributed by atoms with Crippen LogP contribution in [0.2, 0.25) is 10.0 Å². The number of allylic oxidation sites excluding steroid dienone is 1. The number of ketones is 1. The second-order valence-corrected chi connectivity index (χ2v) is 4.39. The average molecular weight is 257 g/mol. The zero-order chi connectivity index (χ0) is 11.5. The summed E-state index contributed by atoms with van der Waals surface area (Å²) in [6.45, 7) is 0.679. The Morgan fingerprint density at radius 1 is 1.25 bits per heavy atom. The highest BCUT2D eigenvalue weighted by atomic mass is 35.5. The van der Waals surface area contributed by atoms with Gasteiger partial charge in [0, 0.05) is 11.1 Å². The van der Waals surface area contributed by atoms with Gasteiger partial charge in [-0.1, -0.05) is 23.2 Å². The number of hydrogen-bond donors (Lipinski definition) is 0. The largest absolute Gasteiger partial charge is 0.501 e. The third kappa shape index (κ3) is 2.39. The Hall–Kier alpha value is -0.990. The SMILES string of the molecule is O=C(C1=COCCC1)c1ccc(Cl)c(Cl)c1. The first-order valence-corrected chi connectivity index (χ1v) is 5.74. The zero-order valence-corrected chi connectivity index (χ0v) is 10.0. The van der Waals surface area contributed by atoms with Gasteiger partial charge >= 0.3 is 0 Å². The van der Waals surface area contributed by atoms with Crippen LogP contribution in [0.3, 0.4) is 0 Å². The number of carbonyl (C=O) groups excluding carboxylic acids is 1. The maximum Gasteiger partial charge on any atom is 0.192 e. The lowest BCUT2D eigenvalue weighted by atomic mass is 10.00. The van der Waals surface area contributed by atoms with E-state index in [1.807, 2.05) is 0 Å². The first-order valence-electron chi connectivity index (χ1n) is 4.99. The first-order chi connectivity index (χ1) is 7.68. The van der Waals surface area contributed by atoms with Gasteiger partial charge < -0.3 is 4.74 Å². The van der Waals surface area contributed by atoms with Crippen molar-refractivity contribution in [3.63, 3.8) is 0 Å². The van der Waals surface area contributed by atoms with E-state index in [4.69, 9.17) is 27.9 Å². The summed E-state index contributed by atoms with van der Waals surface area (Å²) in [5, 5.41) is 0.844. The van der Waals surface area contributed by atoms with E-state index in [1.165, 1.54) is 6.26 Å². The number of ether oxygens (including phenoxy) is 1. The fraction of sp³-hybridized carbons (Fsp3) is 0.250. The van der Waals surface area contributed by atoms with Crippen LogP contribution in [0.15, 0.2) is 30.0 Å². The van der Waals surface area contributed by atoms with Crippen molar-refractivity contribution in [2.75, 3.05) is 6.61 Å². The molecule has 84 valence electrons. The standard InChI is InChI=1S/C12H10Cl2O2/c13-10-4-3-8(6-11(10)14)12(15)9-2-1-5-16-7-9/h3-4,6-7H,1-2,5H2. The highest BCUT2D eigenvalue weighted by Gasteiger charge is 2.16. The minimum atomic E-state index is -0.0433. The van der Waals surface area contributed by atoms with Gasteiger partial charge in [0.25, 0.3) is 0 Å². The number of Topliss-reactive ketones (excluding diaryl/α,β-unsaturated/α-hetero) is 1. The van der Waals surface area contributed by atoms with Crippen LogP contribution >= 0.6 is 23.2 Å². The Bertz CT molecular complexity index is 452. The van der Waals surface area contributed by atoms with Crippen molar-refractivity contribution in [2.24, 2.45) is 0 Å². The van der Waals surface area contributed by atoms with Crippen LogP contribution < -0.4 is 0 Å². The normalized spacial score (nSPS) is 15.2. The van der Waals surface area contributed by atoms with E-state index in [0.717, 1.165) is 12.8 Å². The van der Waals surface area contributed by atoms with Gasteiger partial charge in [-0.25, -0.2) is 0 Å². The van der Waals surface area contributed by atoms with E-state index in [1.54, 1.807) is 18.2 Å². The van der Waals surface area contributed by atoms with Crippen LogP contribution in [0.5, 0.6) is 0 Å². The maximum atomic E-state index is 12.0. The molecule has 0 saturated carbocycles. The summed E-state index contributed by atoms with van der Waals surface area (Å²) in [6.07, 6.45) is 3.16. The molecule has 0 spiro atoms. The third-order valence-corrected chi connectivity index (χ3v) is 3.15. The summed E-state index contributed by atoms with van der Waals surface area (Å²) in [4.78, 5) is 12.0. The summed E-state index contributed by atoms with van der Waals surface area (Å²) >= 11 is 11.7. The molecule has 1 heterocycles. The number of carbonyl (C=O) groups is 1. The fourth-order valence-electron chi connectivity index (χ4n) is 1.55. The molecule has 2 rings (SSSR count). The van der Waals surface area contributed by atoms with Gasteiger partial charge in [-0.15, -0.1) is 0 Å². The molecule has 4 heteroatoms. The lowest BCUT2D eigenvalue weighted by Crippen LogP contribution is -2.09. The van der Waals surface area contributed by atoms with Crippen molar-refractivity contribution in [1.29, 1.82) is 0 Å². The van der Waals surface area contributed by atoms with Crippen LogP contribution in [0.25, 0.3) is 0 Å². The predicted octanol–water partition coefficient (Wildman–Crippen LogP) is 3.87. The highest BCUT2D eigenvalue weighted by Crippen LogP contribution is 2.25. The highest BCUT2D eigenvalue weighted by molar-refractivity contribution is 6.42. The second kappa shape index (κ2) is 4.89. The van der Waals surface area contributed by atoms with Gasteiger partial charge in [0.2, 0.25) is 0 Å². The second-order valence-electron chi connectivity index (χ2n) is 3.58. The fourth-order valence-corrected chi connectivity index (χ4v) is 1.85. The molecule has 0 radical (unpaired) electrons. The molecule has 1 aromatic rings. The Balaban J connectivity index is 2.26. The van der Waals surface area contributed by atoms with Gasteiger partial charge in [0.15, 0.2) is 5.78 Å². The number of hydrogen-bond acceptors (Lipinski definition) is 2. The molecule has 1 aliphatic rings. The van der Waals surface area contributed by atoms with Gasteiger partial charge in [0.05, 0.1) is 22.9 Å². The van der Waals surface area contributed by atoms with E-state index in [9.17, 15) is 4.79 Å². The summed E-state index contributed by atoms with van der Waals surface area (Å²) in [5.41, 5.74) is 1.23. The van der Waals surface area contributed by atoms with Gasteiger partial charge in [0.1, 0.15) is 0 Å². The van der Waals surface area contributed by atoms with Crippen molar-refractivity contribution >= 4 is 29.0 Å². The number of benzene rings is 1. The molecule has 0 unspecified atom stereocenters. The minimum absolute atomic E-state index is 0.0433. The Labute approximate surface area is 104 Å². The summed E-state index contributed by atoms with van der Waals surface area (Å²) in [6, 6.07) is 4.88. The molecular weight excluding hydrogens is 247 g/mol. The van der Waals surface area contributed by atoms with Crippen LogP contribution in [0, 0.1) is 0 Å². The molecule has 1 aliphatic heterocycles. The predicted molar refractivity (Wildman–Crippen MR) is 64.1 cm³/mol. The monoisotopic (exact) mass is 256 g/mol. The Morgan fingerprint density at radius 3 is 2.69 bits per heavy atom. The molecule has 0 aromatic heterocycles. The lowest BCUT2D eigenvalue weighted by Gasteiger charge is -2.12. The molecule has 0 amide bonds. The van der Waals surface area contributed by atoms with Crippen molar-refractivity contribution in [1.82, 2.24) is 0 Å². The smallest absolute Gasteiger partial charge is 0.192 e. The molecule has 0 atom stereocenters. The van der Waals surface area contributed by atoms with Gasteiger partial charge in [-0.2, -0.15) is 0 Å². The number of rotatable bonds is 2. The van der Waals surface area contributed by atoms with E-state index >= 15 is 0 Å². The number of halogens is 2. The van der Waals surface area contributed by atoms with Gasteiger partial charge in [-0.05, 0) is 31.0 Å². The summed E-state index contributed by atoms with van der Waals surface area (Å²) in [7, 11) is 0. The minimum Gasteiger partial charge on any atom is -0.501 e. The molecule has 0 N–H and O–H groups in total. The first kappa shape index (κ1) is 11.5. The molecular formula is C12H10Cl2O2. The Kier molecular flexibility index (Phi) is 3.52. The molecule has 0 saturated heterocycles. The topological polar surface area (TPSA) is 26.3 Å². The van der Waals surface area contributed by atoms with Crippen LogP contribution in [-0.4, -0.2) is 12.4 Å². The van der Waals surface area contributed by atoms with Crippen LogP contribution in [0.1, 0.15) is 23.2 Å². The quantitative estimate of drug-likeness (QED) is 0.751. The van der Waals surface area contributed by atoms with E-state index < -0.39 is 0 Å². The van der Waals surface area contributed by atoms with Crippen molar-refractivity contribution in [3.05, 3.63) is 45.6 Å². The van der Waals surface area contributed by atoms with Crippen molar-refractivity contribution < 1.29 is 9.53 Å². The zero-order valence-electron chi connectivity index (χ0n) is 8.50. The molecule has 0 bridgehead atoms. The summed E-state index contributed by atoms with van der Waals surface area (Å²) in [5.74, 6) is -0.0433. The summed E-state index contributed by atoms with van der Waals surface area (Å²) < 4.78 is 5.14. The molecule has 1 aromatic carbocycles. The third-order valence-electron chi connectivity index (χ3n) is 2.41.